The van der Waals surface area contributed by atoms with Gasteiger partial charge >= 0.3 is 5.97 Å². The number of nitrogens with zero attached hydrogens (tertiary/aromatic N) is 1. The van der Waals surface area contributed by atoms with E-state index in [1.54, 1.807) is 22.6 Å². The molecule has 0 aliphatic carbocycles. The Bertz CT molecular complexity index is 398. The predicted octanol–water partition coefficient (Wildman–Crippen LogP) is 2.33. The summed E-state index contributed by atoms with van der Waals surface area (Å²) in [5.41, 5.74) is -1.25. The zero-order valence-electron chi connectivity index (χ0n) is 7.50. The van der Waals surface area contributed by atoms with E-state index in [1.807, 2.05) is 0 Å². The second-order valence-corrected chi connectivity index (χ2v) is 3.59. The highest BCUT2D eigenvalue weighted by Gasteiger charge is 2.24. The molecule has 15 heavy (non-hydrogen) atoms. The van der Waals surface area contributed by atoms with E-state index < -0.39 is 23.7 Å². The van der Waals surface area contributed by atoms with Crippen LogP contribution in [0.25, 0.3) is 0 Å². The minimum Gasteiger partial charge on any atom is -0.494 e. The van der Waals surface area contributed by atoms with Gasteiger partial charge in [0.05, 0.1) is 16.9 Å². The largest absolute Gasteiger partial charge is 0.494 e. The Morgan fingerprint density at radius 2 is 2.27 bits per heavy atom. The molecule has 0 radical (unpaired) electrons. The molecule has 1 N–H and O–H groups in total. The summed E-state index contributed by atoms with van der Waals surface area (Å²) in [7, 11) is 1.31. The van der Waals surface area contributed by atoms with E-state index in [-0.39, 0.29) is 9.32 Å². The fraction of sp³-hybridized carbons (Fsp3) is 0.250. The van der Waals surface area contributed by atoms with Crippen molar-refractivity contribution >= 4 is 28.6 Å². The van der Waals surface area contributed by atoms with Gasteiger partial charge in [0, 0.05) is 0 Å². The van der Waals surface area contributed by atoms with Crippen LogP contribution in [0, 0.1) is 3.57 Å². The van der Waals surface area contributed by atoms with Crippen molar-refractivity contribution in [1.29, 1.82) is 0 Å². The van der Waals surface area contributed by atoms with Crippen molar-refractivity contribution in [3.63, 3.8) is 0 Å². The van der Waals surface area contributed by atoms with Gasteiger partial charge in [0.1, 0.15) is 11.3 Å². The van der Waals surface area contributed by atoms with Crippen molar-refractivity contribution in [2.45, 2.75) is 6.43 Å². The highest BCUT2D eigenvalue weighted by atomic mass is 127. The summed E-state index contributed by atoms with van der Waals surface area (Å²) >= 11 is 1.64. The van der Waals surface area contributed by atoms with Crippen molar-refractivity contribution in [2.24, 2.45) is 0 Å². The third-order valence-electron chi connectivity index (χ3n) is 1.65. The number of carbonyl (C=O) groups is 1. The second kappa shape index (κ2) is 4.69. The monoisotopic (exact) mass is 329 g/mol. The van der Waals surface area contributed by atoms with Gasteiger partial charge in [-0.15, -0.1) is 0 Å². The topological polar surface area (TPSA) is 59.4 Å². The Labute approximate surface area is 97.4 Å². The molecule has 0 aliphatic rings. The molecule has 1 rings (SSSR count). The molecule has 0 saturated carbocycles. The number of halogens is 3. The van der Waals surface area contributed by atoms with Gasteiger partial charge in [-0.1, -0.05) is 0 Å². The Kier molecular flexibility index (Phi) is 3.77. The van der Waals surface area contributed by atoms with Crippen molar-refractivity contribution in [1.82, 2.24) is 4.98 Å². The number of aromatic nitrogens is 1. The number of carboxylic acid groups (broad SMARTS) is 1. The molecular weight excluding hydrogens is 323 g/mol. The molecule has 4 nitrogen and oxygen atoms in total. The summed E-state index contributed by atoms with van der Waals surface area (Å²) < 4.78 is 29.8. The van der Waals surface area contributed by atoms with Gasteiger partial charge in [0.15, 0.2) is 5.75 Å². The van der Waals surface area contributed by atoms with Crippen LogP contribution < -0.4 is 4.74 Å². The summed E-state index contributed by atoms with van der Waals surface area (Å²) in [6, 6.07) is 0. The summed E-state index contributed by atoms with van der Waals surface area (Å²) in [6.07, 6.45) is -1.84. The summed E-state index contributed by atoms with van der Waals surface area (Å²) in [5.74, 6) is -1.28. The highest BCUT2D eigenvalue weighted by Crippen LogP contribution is 2.30. The SMILES string of the molecule is COc1cnc(C(F)F)c(C(=O)O)c1I. The number of hydrogen-bond donors (Lipinski definition) is 1. The lowest BCUT2D eigenvalue weighted by atomic mass is 10.2. The number of pyridine rings is 1. The molecule has 0 aliphatic heterocycles. The molecule has 82 valence electrons. The molecule has 0 aromatic carbocycles. The fourth-order valence-electron chi connectivity index (χ4n) is 0.996. The van der Waals surface area contributed by atoms with Crippen LogP contribution in [0.4, 0.5) is 8.78 Å². The first-order valence-corrected chi connectivity index (χ1v) is 4.80. The molecule has 0 spiro atoms. The smallest absolute Gasteiger partial charge is 0.339 e. The molecule has 1 aromatic heterocycles. The number of alkyl halides is 2. The van der Waals surface area contributed by atoms with E-state index in [0.29, 0.717) is 0 Å². The minimum atomic E-state index is -2.92. The van der Waals surface area contributed by atoms with Gasteiger partial charge in [-0.25, -0.2) is 13.6 Å². The van der Waals surface area contributed by atoms with Gasteiger partial charge in [-0.05, 0) is 22.6 Å². The third kappa shape index (κ3) is 2.33. The molecule has 0 amide bonds. The molecule has 0 bridgehead atoms. The van der Waals surface area contributed by atoms with Crippen LogP contribution in [-0.2, 0) is 0 Å². The average molecular weight is 329 g/mol. The quantitative estimate of drug-likeness (QED) is 0.865. The van der Waals surface area contributed by atoms with E-state index in [2.05, 4.69) is 4.98 Å². The molecule has 7 heteroatoms. The zero-order chi connectivity index (χ0) is 11.6. The maximum absolute atomic E-state index is 12.4. The van der Waals surface area contributed by atoms with E-state index in [4.69, 9.17) is 9.84 Å². The normalized spacial score (nSPS) is 10.5. The number of methoxy groups -OCH3 is 1. The average Bonchev–Trinajstić information content (AvgIpc) is 2.16. The first kappa shape index (κ1) is 12.1. The Morgan fingerprint density at radius 3 is 2.67 bits per heavy atom. The van der Waals surface area contributed by atoms with Crippen LogP contribution >= 0.6 is 22.6 Å². The molecule has 0 saturated heterocycles. The molecular formula is C8H6F2INO3. The zero-order valence-corrected chi connectivity index (χ0v) is 9.66. The lowest BCUT2D eigenvalue weighted by molar-refractivity contribution is 0.0680. The summed E-state index contributed by atoms with van der Waals surface area (Å²) in [4.78, 5) is 14.2. The third-order valence-corrected chi connectivity index (χ3v) is 2.72. The molecule has 0 atom stereocenters. The number of aromatic carboxylic acids is 1. The van der Waals surface area contributed by atoms with Crippen LogP contribution in [-0.4, -0.2) is 23.2 Å². The Morgan fingerprint density at radius 1 is 1.67 bits per heavy atom. The number of hydrogen-bond acceptors (Lipinski definition) is 3. The molecule has 1 heterocycles. The van der Waals surface area contributed by atoms with Crippen LogP contribution in [0.15, 0.2) is 6.20 Å². The predicted molar refractivity (Wildman–Crippen MR) is 55.4 cm³/mol. The van der Waals surface area contributed by atoms with Gasteiger partial charge in [-0.2, -0.15) is 0 Å². The standard InChI is InChI=1S/C8H6F2INO3/c1-15-3-2-12-6(7(9)10)4(5(3)11)8(13)14/h2,7H,1H3,(H,13,14). The maximum atomic E-state index is 12.4. The van der Waals surface area contributed by atoms with Crippen molar-refractivity contribution in [2.75, 3.05) is 7.11 Å². The molecule has 0 fully saturated rings. The van der Waals surface area contributed by atoms with E-state index in [1.165, 1.54) is 7.11 Å². The van der Waals surface area contributed by atoms with Gasteiger partial charge < -0.3 is 9.84 Å². The maximum Gasteiger partial charge on any atom is 0.339 e. The summed E-state index contributed by atoms with van der Waals surface area (Å²) in [6.45, 7) is 0. The van der Waals surface area contributed by atoms with Crippen LogP contribution in [0.3, 0.4) is 0 Å². The van der Waals surface area contributed by atoms with Crippen molar-refractivity contribution < 1.29 is 23.4 Å². The lowest BCUT2D eigenvalue weighted by Gasteiger charge is -2.09. The minimum absolute atomic E-state index is 0.118. The number of rotatable bonds is 3. The summed E-state index contributed by atoms with van der Waals surface area (Å²) in [5, 5.41) is 8.78. The van der Waals surface area contributed by atoms with Crippen LogP contribution in [0.2, 0.25) is 0 Å². The van der Waals surface area contributed by atoms with Crippen molar-refractivity contribution in [3.8, 4) is 5.75 Å². The lowest BCUT2D eigenvalue weighted by Crippen LogP contribution is -2.09. The van der Waals surface area contributed by atoms with E-state index in [0.717, 1.165) is 6.20 Å². The molecule has 1 aromatic rings. The number of ether oxygens (including phenoxy) is 1. The van der Waals surface area contributed by atoms with Crippen LogP contribution in [0.1, 0.15) is 22.5 Å². The van der Waals surface area contributed by atoms with Gasteiger partial charge in [-0.3, -0.25) is 4.98 Å². The first-order valence-electron chi connectivity index (χ1n) is 3.72. The highest BCUT2D eigenvalue weighted by molar-refractivity contribution is 14.1. The van der Waals surface area contributed by atoms with E-state index in [9.17, 15) is 13.6 Å². The Hall–Kier alpha value is -0.990. The molecule has 0 unspecified atom stereocenters. The Balaban J connectivity index is 3.44. The van der Waals surface area contributed by atoms with Gasteiger partial charge in [0.2, 0.25) is 0 Å². The first-order chi connectivity index (χ1) is 6.99. The van der Waals surface area contributed by atoms with E-state index >= 15 is 0 Å². The fourth-order valence-corrected chi connectivity index (χ4v) is 1.86. The number of carboxylic acids is 1. The van der Waals surface area contributed by atoms with Crippen molar-refractivity contribution in [3.05, 3.63) is 21.0 Å². The second-order valence-electron chi connectivity index (χ2n) is 2.51. The van der Waals surface area contributed by atoms with Gasteiger partial charge in [0.25, 0.3) is 6.43 Å². The van der Waals surface area contributed by atoms with Crippen LogP contribution in [0.5, 0.6) is 5.75 Å².